The number of rotatable bonds is 7. The minimum atomic E-state index is -0.304. The van der Waals surface area contributed by atoms with E-state index in [4.69, 9.17) is 14.2 Å². The molecular weight excluding hydrogens is 372 g/mol. The van der Waals surface area contributed by atoms with Crippen LogP contribution in [0.5, 0.6) is 17.2 Å². The molecule has 1 heterocycles. The monoisotopic (exact) mass is 396 g/mol. The molecule has 0 spiro atoms. The molecule has 1 N–H and O–H groups in total. The van der Waals surface area contributed by atoms with E-state index in [1.807, 2.05) is 0 Å². The first-order valence-corrected chi connectivity index (χ1v) is 9.25. The number of hydrogen-bond donors (Lipinski definition) is 1. The summed E-state index contributed by atoms with van der Waals surface area (Å²) in [6.07, 6.45) is 4.45. The lowest BCUT2D eigenvalue weighted by atomic mass is 10.1. The average Bonchev–Trinajstić information content (AvgIpc) is 3.17. The first-order chi connectivity index (χ1) is 14.0. The number of ether oxygens (including phenoxy) is 3. The van der Waals surface area contributed by atoms with Crippen LogP contribution in [0.15, 0.2) is 42.5 Å². The van der Waals surface area contributed by atoms with Crippen molar-refractivity contribution in [3.63, 3.8) is 0 Å². The van der Waals surface area contributed by atoms with Crippen LogP contribution in [-0.2, 0) is 9.59 Å². The van der Waals surface area contributed by atoms with Crippen LogP contribution >= 0.6 is 0 Å². The number of nitrogens with one attached hydrogen (secondary N) is 1. The van der Waals surface area contributed by atoms with Crippen molar-refractivity contribution in [2.75, 3.05) is 38.1 Å². The van der Waals surface area contributed by atoms with Crippen LogP contribution in [-0.4, -0.2) is 39.7 Å². The molecule has 2 amide bonds. The molecule has 0 atom stereocenters. The quantitative estimate of drug-likeness (QED) is 0.725. The molecule has 0 aliphatic carbocycles. The number of carbonyl (C=O) groups is 2. The molecule has 2 aromatic carbocycles. The second-order valence-electron chi connectivity index (χ2n) is 6.47. The Kier molecular flexibility index (Phi) is 6.39. The summed E-state index contributed by atoms with van der Waals surface area (Å²) >= 11 is 0. The van der Waals surface area contributed by atoms with E-state index in [0.29, 0.717) is 41.6 Å². The van der Waals surface area contributed by atoms with Gasteiger partial charge in [0.25, 0.3) is 0 Å². The van der Waals surface area contributed by atoms with Crippen molar-refractivity contribution in [2.24, 2.45) is 0 Å². The fraction of sp³-hybridized carbons (Fsp3) is 0.273. The van der Waals surface area contributed by atoms with Crippen LogP contribution in [0.3, 0.4) is 0 Å². The van der Waals surface area contributed by atoms with Crippen molar-refractivity contribution in [3.05, 3.63) is 48.0 Å². The second-order valence-corrected chi connectivity index (χ2v) is 6.47. The van der Waals surface area contributed by atoms with Gasteiger partial charge in [0, 0.05) is 36.4 Å². The highest BCUT2D eigenvalue weighted by molar-refractivity contribution is 6.03. The molecule has 7 heteroatoms. The summed E-state index contributed by atoms with van der Waals surface area (Å²) in [5.74, 6) is 1.62. The number of carbonyl (C=O) groups excluding carboxylic acids is 2. The third kappa shape index (κ3) is 4.68. The number of nitrogens with zero attached hydrogens (tertiary/aromatic N) is 1. The van der Waals surface area contributed by atoms with Gasteiger partial charge >= 0.3 is 0 Å². The predicted octanol–water partition coefficient (Wildman–Crippen LogP) is 3.49. The molecule has 0 aromatic heterocycles. The molecule has 0 bridgehead atoms. The molecule has 7 nitrogen and oxygen atoms in total. The molecule has 1 aliphatic rings. The van der Waals surface area contributed by atoms with Gasteiger partial charge in [0.2, 0.25) is 11.8 Å². The molecule has 2 aromatic rings. The van der Waals surface area contributed by atoms with E-state index in [9.17, 15) is 9.59 Å². The van der Waals surface area contributed by atoms with Crippen LogP contribution in [0.25, 0.3) is 6.08 Å². The third-order valence-corrected chi connectivity index (χ3v) is 4.66. The summed E-state index contributed by atoms with van der Waals surface area (Å²) in [6, 6.07) is 10.6. The summed E-state index contributed by atoms with van der Waals surface area (Å²) in [4.78, 5) is 26.1. The molecular formula is C22H24N2O5. The second kappa shape index (κ2) is 9.14. The topological polar surface area (TPSA) is 77.1 Å². The summed E-state index contributed by atoms with van der Waals surface area (Å²) in [6.45, 7) is 0.673. The summed E-state index contributed by atoms with van der Waals surface area (Å²) in [7, 11) is 4.69. The number of methoxy groups -OCH3 is 3. The molecule has 0 unspecified atom stereocenters. The minimum Gasteiger partial charge on any atom is -0.497 e. The van der Waals surface area contributed by atoms with E-state index >= 15 is 0 Å². The van der Waals surface area contributed by atoms with Crippen LogP contribution in [0.4, 0.5) is 11.4 Å². The van der Waals surface area contributed by atoms with Gasteiger partial charge in [-0.1, -0.05) is 0 Å². The normalized spacial score (nSPS) is 13.6. The number of anilines is 2. The smallest absolute Gasteiger partial charge is 0.248 e. The number of benzene rings is 2. The molecule has 1 saturated heterocycles. The van der Waals surface area contributed by atoms with Gasteiger partial charge < -0.3 is 24.4 Å². The van der Waals surface area contributed by atoms with E-state index in [1.165, 1.54) is 6.08 Å². The van der Waals surface area contributed by atoms with Gasteiger partial charge in [-0.15, -0.1) is 0 Å². The summed E-state index contributed by atoms with van der Waals surface area (Å²) in [5, 5.41) is 2.80. The van der Waals surface area contributed by atoms with Crippen molar-refractivity contribution >= 4 is 29.3 Å². The van der Waals surface area contributed by atoms with E-state index in [-0.39, 0.29) is 11.8 Å². The highest BCUT2D eigenvalue weighted by Crippen LogP contribution is 2.34. The van der Waals surface area contributed by atoms with Crippen molar-refractivity contribution < 1.29 is 23.8 Å². The Labute approximate surface area is 169 Å². The van der Waals surface area contributed by atoms with Gasteiger partial charge in [0.1, 0.15) is 17.2 Å². The Morgan fingerprint density at radius 2 is 1.83 bits per heavy atom. The van der Waals surface area contributed by atoms with Crippen molar-refractivity contribution in [2.45, 2.75) is 12.8 Å². The van der Waals surface area contributed by atoms with E-state index < -0.39 is 0 Å². The molecule has 1 fully saturated rings. The Bertz CT molecular complexity index is 939. The fourth-order valence-corrected chi connectivity index (χ4v) is 3.20. The van der Waals surface area contributed by atoms with Gasteiger partial charge in [-0.3, -0.25) is 9.59 Å². The van der Waals surface area contributed by atoms with Crippen molar-refractivity contribution in [3.8, 4) is 17.2 Å². The highest BCUT2D eigenvalue weighted by Gasteiger charge is 2.24. The Morgan fingerprint density at radius 1 is 1.03 bits per heavy atom. The zero-order valence-electron chi connectivity index (χ0n) is 16.7. The lowest BCUT2D eigenvalue weighted by Gasteiger charge is -2.19. The van der Waals surface area contributed by atoms with Crippen LogP contribution in [0.1, 0.15) is 18.4 Å². The molecule has 0 saturated carbocycles. The maximum atomic E-state index is 12.4. The van der Waals surface area contributed by atoms with Crippen molar-refractivity contribution in [1.29, 1.82) is 0 Å². The predicted molar refractivity (Wildman–Crippen MR) is 112 cm³/mol. The fourth-order valence-electron chi connectivity index (χ4n) is 3.20. The van der Waals surface area contributed by atoms with E-state index in [2.05, 4.69) is 5.32 Å². The van der Waals surface area contributed by atoms with Gasteiger partial charge in [-0.05, 0) is 42.8 Å². The van der Waals surface area contributed by atoms with E-state index in [1.54, 1.807) is 68.7 Å². The zero-order chi connectivity index (χ0) is 20.8. The lowest BCUT2D eigenvalue weighted by Crippen LogP contribution is -2.24. The largest absolute Gasteiger partial charge is 0.497 e. The maximum absolute atomic E-state index is 12.4. The first kappa shape index (κ1) is 20.3. The molecule has 29 heavy (non-hydrogen) atoms. The van der Waals surface area contributed by atoms with Gasteiger partial charge in [0.15, 0.2) is 0 Å². The highest BCUT2D eigenvalue weighted by atomic mass is 16.5. The molecule has 3 rings (SSSR count). The van der Waals surface area contributed by atoms with Gasteiger partial charge in [0.05, 0.1) is 27.0 Å². The Balaban J connectivity index is 1.74. The maximum Gasteiger partial charge on any atom is 0.248 e. The number of amides is 2. The standard InChI is InChI=1S/C22H24N2O5/c1-27-17-8-10-19(28-2)15(13-17)6-11-21(25)23-16-7-9-18(20(14-16)29-3)24-12-4-5-22(24)26/h6-11,13-14H,4-5,12H2,1-3H3,(H,23,25)/b11-6+. The molecule has 152 valence electrons. The Morgan fingerprint density at radius 3 is 2.48 bits per heavy atom. The van der Waals surface area contributed by atoms with Crippen LogP contribution in [0.2, 0.25) is 0 Å². The summed E-state index contributed by atoms with van der Waals surface area (Å²) < 4.78 is 15.9. The molecule has 1 aliphatic heterocycles. The van der Waals surface area contributed by atoms with Crippen LogP contribution in [0, 0.1) is 0 Å². The lowest BCUT2D eigenvalue weighted by molar-refractivity contribution is -0.117. The third-order valence-electron chi connectivity index (χ3n) is 4.66. The van der Waals surface area contributed by atoms with Gasteiger partial charge in [-0.2, -0.15) is 0 Å². The van der Waals surface area contributed by atoms with E-state index in [0.717, 1.165) is 12.0 Å². The Hall–Kier alpha value is -3.48. The van der Waals surface area contributed by atoms with Crippen LogP contribution < -0.4 is 24.4 Å². The average molecular weight is 396 g/mol. The zero-order valence-corrected chi connectivity index (χ0v) is 16.7. The number of hydrogen-bond acceptors (Lipinski definition) is 5. The summed E-state index contributed by atoms with van der Waals surface area (Å²) in [5.41, 5.74) is 2.01. The van der Waals surface area contributed by atoms with Gasteiger partial charge in [-0.25, -0.2) is 0 Å². The van der Waals surface area contributed by atoms with Crippen molar-refractivity contribution in [1.82, 2.24) is 0 Å². The minimum absolute atomic E-state index is 0.0789. The SMILES string of the molecule is COc1ccc(OC)c(/C=C/C(=O)Nc2ccc(N3CCCC3=O)c(OC)c2)c1. The first-order valence-electron chi connectivity index (χ1n) is 9.25. The molecule has 0 radical (unpaired) electrons.